The molecule has 2 aromatic carbocycles. The number of nitrogens with zero attached hydrogens (tertiary/aromatic N) is 4. The topological polar surface area (TPSA) is 41.5 Å². The molecule has 0 radical (unpaired) electrons. The third-order valence-electron chi connectivity index (χ3n) is 5.41. The predicted octanol–water partition coefficient (Wildman–Crippen LogP) is 5.35. The number of hydrogen-bond donors (Lipinski definition) is 0. The van der Waals surface area contributed by atoms with Crippen molar-refractivity contribution in [3.05, 3.63) is 65.0 Å². The number of piperazine rings is 1. The number of anilines is 2. The molecule has 1 aliphatic rings. The zero-order valence-corrected chi connectivity index (χ0v) is 18.2. The second-order valence-corrected chi connectivity index (χ2v) is 8.45. The van der Waals surface area contributed by atoms with Crippen LogP contribution in [-0.4, -0.2) is 43.3 Å². The highest BCUT2D eigenvalue weighted by Gasteiger charge is 2.23. The highest BCUT2D eigenvalue weighted by Crippen LogP contribution is 2.35. The quantitative estimate of drug-likeness (QED) is 0.431. The van der Waals surface area contributed by atoms with Gasteiger partial charge in [0, 0.05) is 31.6 Å². The number of methoxy groups -OCH3 is 1. The van der Waals surface area contributed by atoms with Crippen LogP contribution in [0.1, 0.15) is 0 Å². The Balaban J connectivity index is 1.47. The summed E-state index contributed by atoms with van der Waals surface area (Å²) < 4.78 is 5.55. The fourth-order valence-electron chi connectivity index (χ4n) is 3.91. The molecule has 0 amide bonds. The van der Waals surface area contributed by atoms with Gasteiger partial charge in [-0.2, -0.15) is 0 Å². The molecule has 2 aromatic heterocycles. The van der Waals surface area contributed by atoms with Gasteiger partial charge in [-0.3, -0.25) is 0 Å². The summed E-state index contributed by atoms with van der Waals surface area (Å²) in [4.78, 5) is 15.4. The number of hydrogen-bond acceptors (Lipinski definition) is 6. The molecule has 0 atom stereocenters. The average molecular weight is 437 g/mol. The highest BCUT2D eigenvalue weighted by molar-refractivity contribution is 7.14. The van der Waals surface area contributed by atoms with Gasteiger partial charge in [0.2, 0.25) is 0 Å². The molecule has 0 unspecified atom stereocenters. The minimum absolute atomic E-state index is 0.691. The van der Waals surface area contributed by atoms with Gasteiger partial charge in [0.1, 0.15) is 11.6 Å². The van der Waals surface area contributed by atoms with Crippen molar-refractivity contribution in [2.75, 3.05) is 43.1 Å². The Hall–Kier alpha value is -2.83. The van der Waals surface area contributed by atoms with E-state index in [1.165, 1.54) is 0 Å². The lowest BCUT2D eigenvalue weighted by Crippen LogP contribution is -2.47. The van der Waals surface area contributed by atoms with Gasteiger partial charge in [0.05, 0.1) is 28.2 Å². The molecule has 4 aromatic rings. The molecule has 1 fully saturated rings. The minimum Gasteiger partial charge on any atom is -0.495 e. The second kappa shape index (κ2) is 8.13. The molecular formula is C23H21ClN4OS. The molecular weight excluding hydrogens is 416 g/mol. The number of fused-ring (bicyclic) bond motifs is 1. The van der Waals surface area contributed by atoms with E-state index in [0.29, 0.717) is 10.8 Å². The lowest BCUT2D eigenvalue weighted by atomic mass is 10.2. The van der Waals surface area contributed by atoms with Crippen LogP contribution in [0.25, 0.3) is 21.6 Å². The molecule has 0 saturated carbocycles. The third kappa shape index (κ3) is 3.46. The largest absolute Gasteiger partial charge is 0.495 e. The van der Waals surface area contributed by atoms with E-state index in [2.05, 4.69) is 28.0 Å². The van der Waals surface area contributed by atoms with Gasteiger partial charge in [0.15, 0.2) is 5.82 Å². The SMILES string of the molecule is COc1ccccc1N1CCN(c2nc(-c3sccc3Cl)nc3ccccc23)CC1. The van der Waals surface area contributed by atoms with Crippen LogP contribution >= 0.6 is 22.9 Å². The zero-order valence-electron chi connectivity index (χ0n) is 16.6. The molecule has 152 valence electrons. The summed E-state index contributed by atoms with van der Waals surface area (Å²) in [5.74, 6) is 2.57. The number of para-hydroxylation sites is 3. The zero-order chi connectivity index (χ0) is 20.5. The van der Waals surface area contributed by atoms with Crippen LogP contribution in [0.4, 0.5) is 11.5 Å². The third-order valence-corrected chi connectivity index (χ3v) is 6.75. The summed E-state index contributed by atoms with van der Waals surface area (Å²) in [7, 11) is 1.72. The Kier molecular flexibility index (Phi) is 5.19. The van der Waals surface area contributed by atoms with Crippen LogP contribution in [0.2, 0.25) is 5.02 Å². The average Bonchev–Trinajstić information content (AvgIpc) is 3.24. The van der Waals surface area contributed by atoms with Crippen molar-refractivity contribution in [2.45, 2.75) is 0 Å². The smallest absolute Gasteiger partial charge is 0.173 e. The highest BCUT2D eigenvalue weighted by atomic mass is 35.5. The Morgan fingerprint density at radius 1 is 0.900 bits per heavy atom. The van der Waals surface area contributed by atoms with Crippen molar-refractivity contribution in [3.63, 3.8) is 0 Å². The lowest BCUT2D eigenvalue weighted by molar-refractivity contribution is 0.413. The predicted molar refractivity (Wildman–Crippen MR) is 125 cm³/mol. The van der Waals surface area contributed by atoms with E-state index in [4.69, 9.17) is 26.3 Å². The Bertz CT molecular complexity index is 1190. The molecule has 1 aliphatic heterocycles. The van der Waals surface area contributed by atoms with Crippen LogP contribution in [0.15, 0.2) is 60.0 Å². The number of thiophene rings is 1. The van der Waals surface area contributed by atoms with Crippen LogP contribution in [0.5, 0.6) is 5.75 Å². The van der Waals surface area contributed by atoms with E-state index in [0.717, 1.165) is 59.2 Å². The second-order valence-electron chi connectivity index (χ2n) is 7.13. The van der Waals surface area contributed by atoms with Crippen LogP contribution in [0, 0.1) is 0 Å². The van der Waals surface area contributed by atoms with Gasteiger partial charge in [-0.15, -0.1) is 11.3 Å². The summed E-state index contributed by atoms with van der Waals surface area (Å²) in [5, 5.41) is 3.74. The first kappa shape index (κ1) is 19.2. The van der Waals surface area contributed by atoms with Crippen molar-refractivity contribution in [1.29, 1.82) is 0 Å². The Morgan fingerprint density at radius 3 is 2.40 bits per heavy atom. The summed E-state index contributed by atoms with van der Waals surface area (Å²) in [6.45, 7) is 3.54. The molecule has 3 heterocycles. The summed E-state index contributed by atoms with van der Waals surface area (Å²) in [6.07, 6.45) is 0. The fourth-order valence-corrected chi connectivity index (χ4v) is 4.98. The summed E-state index contributed by atoms with van der Waals surface area (Å²) in [5.41, 5.74) is 2.08. The van der Waals surface area contributed by atoms with Crippen LogP contribution < -0.4 is 14.5 Å². The maximum absolute atomic E-state index is 6.38. The number of aromatic nitrogens is 2. The van der Waals surface area contributed by atoms with Gasteiger partial charge >= 0.3 is 0 Å². The lowest BCUT2D eigenvalue weighted by Gasteiger charge is -2.37. The van der Waals surface area contributed by atoms with Crippen molar-refractivity contribution >= 4 is 45.3 Å². The summed E-state index contributed by atoms with van der Waals surface area (Å²) >= 11 is 7.95. The first-order valence-electron chi connectivity index (χ1n) is 9.87. The van der Waals surface area contributed by atoms with Crippen molar-refractivity contribution in [1.82, 2.24) is 9.97 Å². The molecule has 0 N–H and O–H groups in total. The van der Waals surface area contributed by atoms with Gasteiger partial charge in [-0.25, -0.2) is 9.97 Å². The van der Waals surface area contributed by atoms with E-state index in [1.807, 2.05) is 41.8 Å². The number of benzene rings is 2. The van der Waals surface area contributed by atoms with Gasteiger partial charge in [-0.1, -0.05) is 35.9 Å². The van der Waals surface area contributed by atoms with Crippen molar-refractivity contribution in [3.8, 4) is 16.5 Å². The molecule has 5 nitrogen and oxygen atoms in total. The Morgan fingerprint density at radius 2 is 1.63 bits per heavy atom. The minimum atomic E-state index is 0.691. The van der Waals surface area contributed by atoms with E-state index in [9.17, 15) is 0 Å². The Labute approximate surface area is 184 Å². The van der Waals surface area contributed by atoms with Gasteiger partial charge in [0.25, 0.3) is 0 Å². The van der Waals surface area contributed by atoms with Crippen LogP contribution in [0.3, 0.4) is 0 Å². The standard InChI is InChI=1S/C23H21ClN4OS/c1-29-20-9-5-4-8-19(20)27-11-13-28(14-12-27)23-16-6-2-3-7-18(16)25-22(26-23)21-17(24)10-15-30-21/h2-10,15H,11-14H2,1H3. The van der Waals surface area contributed by atoms with E-state index in [-0.39, 0.29) is 0 Å². The van der Waals surface area contributed by atoms with E-state index < -0.39 is 0 Å². The van der Waals surface area contributed by atoms with Crippen molar-refractivity contribution < 1.29 is 4.74 Å². The maximum atomic E-state index is 6.38. The first-order chi connectivity index (χ1) is 14.7. The molecule has 0 bridgehead atoms. The first-order valence-corrected chi connectivity index (χ1v) is 11.1. The van der Waals surface area contributed by atoms with Crippen LogP contribution in [-0.2, 0) is 0 Å². The van der Waals surface area contributed by atoms with Gasteiger partial charge in [-0.05, 0) is 35.7 Å². The van der Waals surface area contributed by atoms with Gasteiger partial charge < -0.3 is 14.5 Å². The molecule has 7 heteroatoms. The monoisotopic (exact) mass is 436 g/mol. The maximum Gasteiger partial charge on any atom is 0.173 e. The van der Waals surface area contributed by atoms with E-state index in [1.54, 1.807) is 18.4 Å². The molecule has 0 aliphatic carbocycles. The normalized spacial score (nSPS) is 14.3. The molecule has 0 spiro atoms. The molecule has 1 saturated heterocycles. The summed E-state index contributed by atoms with van der Waals surface area (Å²) in [6, 6.07) is 18.3. The number of halogens is 1. The fraction of sp³-hybridized carbons (Fsp3) is 0.217. The van der Waals surface area contributed by atoms with Crippen molar-refractivity contribution in [2.24, 2.45) is 0 Å². The molecule has 30 heavy (non-hydrogen) atoms. The number of ether oxygens (including phenoxy) is 1. The van der Waals surface area contributed by atoms with E-state index >= 15 is 0 Å². The number of rotatable bonds is 4. The molecule has 5 rings (SSSR count).